The van der Waals surface area contributed by atoms with Gasteiger partial charge < -0.3 is 14.8 Å². The van der Waals surface area contributed by atoms with E-state index >= 15 is 0 Å². The van der Waals surface area contributed by atoms with Gasteiger partial charge in [0.05, 0.1) is 7.11 Å². The molecule has 0 aliphatic heterocycles. The van der Waals surface area contributed by atoms with E-state index < -0.39 is 0 Å². The van der Waals surface area contributed by atoms with Gasteiger partial charge >= 0.3 is 0 Å². The van der Waals surface area contributed by atoms with E-state index in [1.54, 1.807) is 37.4 Å². The highest BCUT2D eigenvalue weighted by molar-refractivity contribution is 5.41. The summed E-state index contributed by atoms with van der Waals surface area (Å²) in [5.41, 5.74) is 1.97. The number of rotatable bonds is 7. The van der Waals surface area contributed by atoms with E-state index in [0.29, 0.717) is 30.3 Å². The van der Waals surface area contributed by atoms with Crippen LogP contribution in [-0.4, -0.2) is 7.11 Å². The molecule has 5 heteroatoms. The van der Waals surface area contributed by atoms with Gasteiger partial charge in [-0.2, -0.15) is 0 Å². The summed E-state index contributed by atoms with van der Waals surface area (Å²) in [5, 5.41) is 3.30. The largest absolute Gasteiger partial charge is 0.497 e. The van der Waals surface area contributed by atoms with Crippen LogP contribution in [0.2, 0.25) is 0 Å². The van der Waals surface area contributed by atoms with Gasteiger partial charge in [-0.1, -0.05) is 12.1 Å². The molecule has 0 heterocycles. The fraction of sp³-hybridized carbons (Fsp3) is 0.143. The molecule has 0 saturated heterocycles. The molecule has 3 aromatic carbocycles. The van der Waals surface area contributed by atoms with Crippen LogP contribution < -0.4 is 14.8 Å². The summed E-state index contributed by atoms with van der Waals surface area (Å²) in [6.45, 7) is 1.21. The van der Waals surface area contributed by atoms with Gasteiger partial charge in [-0.15, -0.1) is 0 Å². The SMILES string of the molecule is COc1cc(CNCc2ccc(F)cc2)cc(Oc2ccc(F)cc2)c1. The molecule has 3 rings (SSSR count). The summed E-state index contributed by atoms with van der Waals surface area (Å²) in [5.74, 6) is 1.26. The third kappa shape index (κ3) is 5.04. The first-order valence-corrected chi connectivity index (χ1v) is 8.19. The van der Waals surface area contributed by atoms with Crippen molar-refractivity contribution < 1.29 is 18.3 Å². The van der Waals surface area contributed by atoms with Gasteiger partial charge in [0.1, 0.15) is 28.9 Å². The van der Waals surface area contributed by atoms with Gasteiger partial charge in [-0.05, 0) is 59.7 Å². The van der Waals surface area contributed by atoms with Crippen LogP contribution in [0.25, 0.3) is 0 Å². The van der Waals surface area contributed by atoms with Gasteiger partial charge in [-0.3, -0.25) is 0 Å². The highest BCUT2D eigenvalue weighted by Gasteiger charge is 2.05. The Morgan fingerprint density at radius 1 is 0.692 bits per heavy atom. The van der Waals surface area contributed by atoms with E-state index in [1.165, 1.54) is 24.3 Å². The van der Waals surface area contributed by atoms with Crippen LogP contribution in [0.1, 0.15) is 11.1 Å². The van der Waals surface area contributed by atoms with E-state index in [1.807, 2.05) is 12.1 Å². The van der Waals surface area contributed by atoms with E-state index in [2.05, 4.69) is 5.32 Å². The lowest BCUT2D eigenvalue weighted by atomic mass is 10.2. The van der Waals surface area contributed by atoms with Crippen LogP contribution in [0.15, 0.2) is 66.7 Å². The number of nitrogens with one attached hydrogen (secondary N) is 1. The molecule has 3 nitrogen and oxygen atoms in total. The minimum atomic E-state index is -0.311. The summed E-state index contributed by atoms with van der Waals surface area (Å²) >= 11 is 0. The van der Waals surface area contributed by atoms with E-state index in [-0.39, 0.29) is 11.6 Å². The summed E-state index contributed by atoms with van der Waals surface area (Å²) < 4.78 is 37.0. The number of ether oxygens (including phenoxy) is 2. The highest BCUT2D eigenvalue weighted by atomic mass is 19.1. The Kier molecular flexibility index (Phi) is 5.81. The molecule has 0 unspecified atom stereocenters. The summed E-state index contributed by atoms with van der Waals surface area (Å²) in [6.07, 6.45) is 0. The van der Waals surface area contributed by atoms with E-state index in [9.17, 15) is 8.78 Å². The van der Waals surface area contributed by atoms with Crippen LogP contribution in [-0.2, 0) is 13.1 Å². The Bertz CT molecular complexity index is 849. The third-order valence-corrected chi connectivity index (χ3v) is 3.80. The van der Waals surface area contributed by atoms with Crippen LogP contribution in [0.5, 0.6) is 17.2 Å². The molecule has 1 N–H and O–H groups in total. The third-order valence-electron chi connectivity index (χ3n) is 3.80. The predicted molar refractivity (Wildman–Crippen MR) is 96.4 cm³/mol. The molecule has 0 saturated carbocycles. The second-order valence-corrected chi connectivity index (χ2v) is 5.80. The molecule has 0 amide bonds. The number of hydrogen-bond donors (Lipinski definition) is 1. The van der Waals surface area contributed by atoms with Crippen LogP contribution in [0.3, 0.4) is 0 Å². The van der Waals surface area contributed by atoms with Crippen LogP contribution >= 0.6 is 0 Å². The van der Waals surface area contributed by atoms with Crippen molar-refractivity contribution in [1.29, 1.82) is 0 Å². The zero-order chi connectivity index (χ0) is 18.4. The monoisotopic (exact) mass is 355 g/mol. The predicted octanol–water partition coefficient (Wildman–Crippen LogP) is 5.06. The lowest BCUT2D eigenvalue weighted by Crippen LogP contribution is -2.12. The number of hydrogen-bond acceptors (Lipinski definition) is 3. The van der Waals surface area contributed by atoms with Crippen molar-refractivity contribution in [3.8, 4) is 17.2 Å². The zero-order valence-corrected chi connectivity index (χ0v) is 14.3. The molecule has 0 fully saturated rings. The molecule has 134 valence electrons. The number of methoxy groups -OCH3 is 1. The fourth-order valence-corrected chi connectivity index (χ4v) is 2.50. The Labute approximate surface area is 151 Å². The van der Waals surface area contributed by atoms with E-state index in [0.717, 1.165) is 11.1 Å². The van der Waals surface area contributed by atoms with Crippen molar-refractivity contribution in [2.24, 2.45) is 0 Å². The second kappa shape index (κ2) is 8.45. The molecule has 0 aliphatic carbocycles. The van der Waals surface area contributed by atoms with Crippen LogP contribution in [0, 0.1) is 11.6 Å². The van der Waals surface area contributed by atoms with Gasteiger partial charge in [0.15, 0.2) is 0 Å². The molecule has 0 aromatic heterocycles. The van der Waals surface area contributed by atoms with Gasteiger partial charge in [-0.25, -0.2) is 8.78 Å². The fourth-order valence-electron chi connectivity index (χ4n) is 2.50. The number of halogens is 2. The number of benzene rings is 3. The van der Waals surface area contributed by atoms with Crippen molar-refractivity contribution in [3.05, 3.63) is 89.5 Å². The summed E-state index contributed by atoms with van der Waals surface area (Å²) in [6, 6.07) is 17.8. The summed E-state index contributed by atoms with van der Waals surface area (Å²) in [7, 11) is 1.59. The highest BCUT2D eigenvalue weighted by Crippen LogP contribution is 2.27. The standard InChI is InChI=1S/C21H19F2NO2/c1-25-20-10-16(14-24-13-15-2-4-17(22)5-3-15)11-21(12-20)26-19-8-6-18(23)7-9-19/h2-12,24H,13-14H2,1H3. The van der Waals surface area contributed by atoms with Crippen LogP contribution in [0.4, 0.5) is 8.78 Å². The maximum atomic E-state index is 13.0. The Hall–Kier alpha value is -2.92. The Balaban J connectivity index is 1.66. The normalized spacial score (nSPS) is 10.6. The van der Waals surface area contributed by atoms with E-state index in [4.69, 9.17) is 9.47 Å². The van der Waals surface area contributed by atoms with Crippen molar-refractivity contribution in [2.75, 3.05) is 7.11 Å². The average molecular weight is 355 g/mol. The summed E-state index contributed by atoms with van der Waals surface area (Å²) in [4.78, 5) is 0. The maximum absolute atomic E-state index is 13.0. The minimum absolute atomic E-state index is 0.246. The molecular weight excluding hydrogens is 336 g/mol. The molecular formula is C21H19F2NO2. The minimum Gasteiger partial charge on any atom is -0.497 e. The molecule has 0 aliphatic rings. The quantitative estimate of drug-likeness (QED) is 0.643. The molecule has 0 radical (unpaired) electrons. The average Bonchev–Trinajstić information content (AvgIpc) is 2.65. The lowest BCUT2D eigenvalue weighted by molar-refractivity contribution is 0.408. The first-order valence-electron chi connectivity index (χ1n) is 8.19. The molecule has 0 spiro atoms. The molecule has 0 atom stereocenters. The smallest absolute Gasteiger partial charge is 0.131 e. The van der Waals surface area contributed by atoms with Crippen molar-refractivity contribution in [3.63, 3.8) is 0 Å². The van der Waals surface area contributed by atoms with Crippen molar-refractivity contribution in [1.82, 2.24) is 5.32 Å². The van der Waals surface area contributed by atoms with Gasteiger partial charge in [0.25, 0.3) is 0 Å². The van der Waals surface area contributed by atoms with Crippen molar-refractivity contribution >= 4 is 0 Å². The van der Waals surface area contributed by atoms with Gasteiger partial charge in [0.2, 0.25) is 0 Å². The van der Waals surface area contributed by atoms with Gasteiger partial charge in [0, 0.05) is 19.2 Å². The first kappa shape index (κ1) is 17.9. The molecule has 3 aromatic rings. The maximum Gasteiger partial charge on any atom is 0.131 e. The van der Waals surface area contributed by atoms with Crippen molar-refractivity contribution in [2.45, 2.75) is 13.1 Å². The molecule has 26 heavy (non-hydrogen) atoms. The topological polar surface area (TPSA) is 30.5 Å². The Morgan fingerprint density at radius 2 is 1.27 bits per heavy atom. The molecule has 0 bridgehead atoms. The second-order valence-electron chi connectivity index (χ2n) is 5.80. The Morgan fingerprint density at radius 3 is 1.92 bits per heavy atom. The first-order chi connectivity index (χ1) is 12.6. The zero-order valence-electron chi connectivity index (χ0n) is 14.3. The lowest BCUT2D eigenvalue weighted by Gasteiger charge is -2.11.